The van der Waals surface area contributed by atoms with Gasteiger partial charge < -0.3 is 15.2 Å². The van der Waals surface area contributed by atoms with Crippen molar-refractivity contribution in [3.63, 3.8) is 0 Å². The third-order valence-electron chi connectivity index (χ3n) is 3.89. The molecule has 2 aliphatic rings. The molecule has 18 heavy (non-hydrogen) atoms. The molecule has 4 heteroatoms. The van der Waals surface area contributed by atoms with Gasteiger partial charge in [0.1, 0.15) is 17.2 Å². The molecule has 1 saturated carbocycles. The Balaban J connectivity index is 1.79. The molecule has 3 nitrogen and oxygen atoms in total. The van der Waals surface area contributed by atoms with Crippen LogP contribution in [0.2, 0.25) is 0 Å². The van der Waals surface area contributed by atoms with E-state index in [1.807, 2.05) is 6.92 Å². The van der Waals surface area contributed by atoms with Gasteiger partial charge in [-0.1, -0.05) is 0 Å². The maximum Gasteiger partial charge on any atom is 0.125 e. The molecule has 0 aromatic heterocycles. The van der Waals surface area contributed by atoms with Crippen molar-refractivity contribution in [2.45, 2.75) is 43.9 Å². The van der Waals surface area contributed by atoms with Crippen LogP contribution in [0.1, 0.15) is 37.8 Å². The van der Waals surface area contributed by atoms with E-state index in [-0.39, 0.29) is 23.6 Å². The van der Waals surface area contributed by atoms with Crippen LogP contribution in [0.15, 0.2) is 18.2 Å². The number of halogens is 1. The second kappa shape index (κ2) is 4.21. The fourth-order valence-electron chi connectivity index (χ4n) is 3.06. The maximum atomic E-state index is 13.2. The maximum absolute atomic E-state index is 13.2. The molecule has 98 valence electrons. The van der Waals surface area contributed by atoms with Crippen LogP contribution in [0.3, 0.4) is 0 Å². The van der Waals surface area contributed by atoms with Gasteiger partial charge in [-0.25, -0.2) is 4.39 Å². The summed E-state index contributed by atoms with van der Waals surface area (Å²) in [4.78, 5) is 0. The topological polar surface area (TPSA) is 44.5 Å². The van der Waals surface area contributed by atoms with Gasteiger partial charge in [-0.2, -0.15) is 0 Å². The quantitative estimate of drug-likeness (QED) is 0.878. The number of fused-ring (bicyclic) bond motifs is 1. The van der Waals surface area contributed by atoms with Gasteiger partial charge in [0.25, 0.3) is 0 Å². The summed E-state index contributed by atoms with van der Waals surface area (Å²) in [5, 5.41) is 0. The molecular weight excluding hydrogens is 233 g/mol. The van der Waals surface area contributed by atoms with Gasteiger partial charge in [0.05, 0.1) is 6.10 Å². The monoisotopic (exact) mass is 251 g/mol. The highest BCUT2D eigenvalue weighted by Crippen LogP contribution is 2.49. The number of nitrogens with two attached hydrogens (primary N) is 1. The Labute approximate surface area is 106 Å². The Hall–Kier alpha value is -1.13. The van der Waals surface area contributed by atoms with E-state index in [4.69, 9.17) is 15.2 Å². The minimum Gasteiger partial charge on any atom is -0.487 e. The molecule has 1 aromatic carbocycles. The van der Waals surface area contributed by atoms with Crippen molar-refractivity contribution in [1.82, 2.24) is 0 Å². The summed E-state index contributed by atoms with van der Waals surface area (Å²) in [6, 6.07) is 4.43. The van der Waals surface area contributed by atoms with Gasteiger partial charge >= 0.3 is 0 Å². The average Bonchev–Trinajstić information content (AvgIpc) is 2.29. The first-order valence-electron chi connectivity index (χ1n) is 6.47. The molecule has 1 spiro atoms. The fourth-order valence-corrected chi connectivity index (χ4v) is 3.06. The van der Waals surface area contributed by atoms with Crippen molar-refractivity contribution in [3.8, 4) is 5.75 Å². The lowest BCUT2D eigenvalue weighted by atomic mass is 9.71. The lowest BCUT2D eigenvalue weighted by Crippen LogP contribution is -2.55. The molecule has 2 N–H and O–H groups in total. The first-order chi connectivity index (χ1) is 8.62. The van der Waals surface area contributed by atoms with Gasteiger partial charge in [0.15, 0.2) is 0 Å². The number of ether oxygens (including phenoxy) is 2. The van der Waals surface area contributed by atoms with Crippen LogP contribution in [0.5, 0.6) is 5.75 Å². The Morgan fingerprint density at radius 1 is 1.44 bits per heavy atom. The van der Waals surface area contributed by atoms with Crippen molar-refractivity contribution in [2.24, 2.45) is 5.73 Å². The van der Waals surface area contributed by atoms with Crippen molar-refractivity contribution < 1.29 is 13.9 Å². The van der Waals surface area contributed by atoms with E-state index in [9.17, 15) is 4.39 Å². The molecule has 1 aromatic rings. The summed E-state index contributed by atoms with van der Waals surface area (Å²) < 4.78 is 24.8. The summed E-state index contributed by atoms with van der Waals surface area (Å²) in [5.41, 5.74) is 6.72. The van der Waals surface area contributed by atoms with Crippen molar-refractivity contribution in [2.75, 3.05) is 6.61 Å². The van der Waals surface area contributed by atoms with Crippen LogP contribution >= 0.6 is 0 Å². The lowest BCUT2D eigenvalue weighted by Gasteiger charge is -2.50. The van der Waals surface area contributed by atoms with Crippen LogP contribution in [0.4, 0.5) is 4.39 Å². The largest absolute Gasteiger partial charge is 0.487 e. The summed E-state index contributed by atoms with van der Waals surface area (Å²) in [5.74, 6) is 0.467. The van der Waals surface area contributed by atoms with E-state index in [0.717, 1.165) is 37.2 Å². The second-order valence-corrected chi connectivity index (χ2v) is 5.26. The normalized spacial score (nSPS) is 33.7. The smallest absolute Gasteiger partial charge is 0.125 e. The molecule has 1 aliphatic heterocycles. The number of hydrogen-bond donors (Lipinski definition) is 1. The fraction of sp³-hybridized carbons (Fsp3) is 0.571. The van der Waals surface area contributed by atoms with E-state index in [1.165, 1.54) is 12.1 Å². The molecule has 1 fully saturated rings. The van der Waals surface area contributed by atoms with Crippen LogP contribution in [-0.4, -0.2) is 18.3 Å². The number of benzene rings is 1. The summed E-state index contributed by atoms with van der Waals surface area (Å²) in [7, 11) is 0. The SMILES string of the molecule is CCOC1CC2(C1)CC(N)c1cc(F)ccc1O2. The van der Waals surface area contributed by atoms with Gasteiger partial charge in [0.2, 0.25) is 0 Å². The third-order valence-corrected chi connectivity index (χ3v) is 3.89. The van der Waals surface area contributed by atoms with Gasteiger partial charge in [-0.3, -0.25) is 0 Å². The van der Waals surface area contributed by atoms with Crippen molar-refractivity contribution >= 4 is 0 Å². The molecule has 0 saturated heterocycles. The molecule has 0 bridgehead atoms. The highest BCUT2D eigenvalue weighted by molar-refractivity contribution is 5.39. The summed E-state index contributed by atoms with van der Waals surface area (Å²) >= 11 is 0. The first-order valence-corrected chi connectivity index (χ1v) is 6.47. The number of rotatable bonds is 2. The predicted octanol–water partition coefficient (Wildman–Crippen LogP) is 2.55. The van der Waals surface area contributed by atoms with Crippen LogP contribution in [0.25, 0.3) is 0 Å². The van der Waals surface area contributed by atoms with Gasteiger partial charge in [0, 0.05) is 37.5 Å². The standard InChI is InChI=1S/C14H18FNO2/c1-2-17-10-6-14(7-10)8-12(16)11-5-9(15)3-4-13(11)18-14/h3-5,10,12H,2,6-8,16H2,1H3. The predicted molar refractivity (Wildman–Crippen MR) is 66.0 cm³/mol. The zero-order valence-corrected chi connectivity index (χ0v) is 10.5. The third kappa shape index (κ3) is 1.89. The Morgan fingerprint density at radius 3 is 2.94 bits per heavy atom. The molecule has 0 radical (unpaired) electrons. The van der Waals surface area contributed by atoms with E-state index < -0.39 is 0 Å². The van der Waals surface area contributed by atoms with E-state index in [0.29, 0.717) is 0 Å². The second-order valence-electron chi connectivity index (χ2n) is 5.26. The highest BCUT2D eigenvalue weighted by Gasteiger charge is 2.50. The Bertz CT molecular complexity index is 457. The summed E-state index contributed by atoms with van der Waals surface area (Å²) in [6.45, 7) is 2.73. The molecule has 3 rings (SSSR count). The molecule has 0 amide bonds. The van der Waals surface area contributed by atoms with E-state index >= 15 is 0 Å². The van der Waals surface area contributed by atoms with E-state index in [1.54, 1.807) is 6.07 Å². The Morgan fingerprint density at radius 2 is 2.22 bits per heavy atom. The van der Waals surface area contributed by atoms with Crippen molar-refractivity contribution in [3.05, 3.63) is 29.6 Å². The zero-order valence-electron chi connectivity index (χ0n) is 10.5. The van der Waals surface area contributed by atoms with Crippen LogP contribution in [-0.2, 0) is 4.74 Å². The van der Waals surface area contributed by atoms with Crippen LogP contribution in [0, 0.1) is 5.82 Å². The lowest BCUT2D eigenvalue weighted by molar-refractivity contribution is -0.134. The summed E-state index contributed by atoms with van der Waals surface area (Å²) in [6.07, 6.45) is 2.79. The van der Waals surface area contributed by atoms with E-state index in [2.05, 4.69) is 0 Å². The minimum absolute atomic E-state index is 0.146. The molecule has 1 unspecified atom stereocenters. The molecule has 1 aliphatic carbocycles. The van der Waals surface area contributed by atoms with Crippen LogP contribution < -0.4 is 10.5 Å². The average molecular weight is 251 g/mol. The highest BCUT2D eigenvalue weighted by atomic mass is 19.1. The minimum atomic E-state index is -0.260. The van der Waals surface area contributed by atoms with Gasteiger partial charge in [-0.15, -0.1) is 0 Å². The number of hydrogen-bond acceptors (Lipinski definition) is 3. The molecule has 1 heterocycles. The van der Waals surface area contributed by atoms with Gasteiger partial charge in [-0.05, 0) is 25.1 Å². The van der Waals surface area contributed by atoms with Crippen molar-refractivity contribution in [1.29, 1.82) is 0 Å². The molecular formula is C14H18FNO2. The zero-order chi connectivity index (χ0) is 12.8. The first kappa shape index (κ1) is 11.9. The Kier molecular flexibility index (Phi) is 2.79. The molecule has 1 atom stereocenters.